The zero-order valence-corrected chi connectivity index (χ0v) is 10.5. The van der Waals surface area contributed by atoms with Crippen molar-refractivity contribution in [1.82, 2.24) is 0 Å². The predicted molar refractivity (Wildman–Crippen MR) is 61.3 cm³/mol. The molecule has 0 saturated heterocycles. The van der Waals surface area contributed by atoms with Gasteiger partial charge in [0.1, 0.15) is 5.60 Å². The normalized spacial score (nSPS) is 40.4. The van der Waals surface area contributed by atoms with E-state index in [1.807, 2.05) is 6.92 Å². The molecule has 1 N–H and O–H groups in total. The summed E-state index contributed by atoms with van der Waals surface area (Å²) < 4.78 is 5.28. The number of esters is 1. The molecule has 96 valence electrons. The minimum atomic E-state index is -1.25. The van der Waals surface area contributed by atoms with Crippen LogP contribution >= 0.6 is 0 Å². The van der Waals surface area contributed by atoms with Gasteiger partial charge in [0, 0.05) is 12.8 Å². The molecule has 0 aromatic rings. The average molecular weight is 240 g/mol. The molecule has 2 rings (SSSR count). The number of ketones is 1. The quantitative estimate of drug-likeness (QED) is 0.761. The van der Waals surface area contributed by atoms with Crippen LogP contribution in [0, 0.1) is 5.92 Å². The van der Waals surface area contributed by atoms with Gasteiger partial charge in [0.15, 0.2) is 5.60 Å². The van der Waals surface area contributed by atoms with Gasteiger partial charge in [-0.1, -0.05) is 19.8 Å². The van der Waals surface area contributed by atoms with Crippen LogP contribution in [0.2, 0.25) is 0 Å². The van der Waals surface area contributed by atoms with Crippen molar-refractivity contribution < 1.29 is 19.4 Å². The number of hydrogen-bond acceptors (Lipinski definition) is 4. The number of carbonyl (C=O) groups excluding carboxylic acids is 2. The fraction of sp³-hybridized carbons (Fsp3) is 0.846. The summed E-state index contributed by atoms with van der Waals surface area (Å²) in [5.74, 6) is -0.893. The van der Waals surface area contributed by atoms with Crippen molar-refractivity contribution in [3.8, 4) is 0 Å². The molecular weight excluding hydrogens is 220 g/mol. The van der Waals surface area contributed by atoms with Crippen molar-refractivity contribution in [1.29, 1.82) is 0 Å². The van der Waals surface area contributed by atoms with Gasteiger partial charge in [-0.15, -0.1) is 0 Å². The molecular formula is C13H20O4. The van der Waals surface area contributed by atoms with Crippen molar-refractivity contribution in [3.63, 3.8) is 0 Å². The third kappa shape index (κ3) is 1.61. The van der Waals surface area contributed by atoms with E-state index >= 15 is 0 Å². The molecule has 2 aliphatic rings. The molecule has 0 aliphatic heterocycles. The Bertz CT molecular complexity index is 351. The number of carbonyl (C=O) groups is 2. The Morgan fingerprint density at radius 1 is 1.53 bits per heavy atom. The van der Waals surface area contributed by atoms with Crippen LogP contribution in [0.3, 0.4) is 0 Å². The molecule has 0 unspecified atom stereocenters. The summed E-state index contributed by atoms with van der Waals surface area (Å²) in [7, 11) is 0. The second kappa shape index (κ2) is 4.09. The van der Waals surface area contributed by atoms with Gasteiger partial charge in [0.05, 0.1) is 0 Å². The fourth-order valence-corrected chi connectivity index (χ4v) is 3.58. The van der Waals surface area contributed by atoms with Gasteiger partial charge in [0.2, 0.25) is 5.78 Å². The van der Waals surface area contributed by atoms with E-state index in [0.717, 1.165) is 25.7 Å². The summed E-state index contributed by atoms with van der Waals surface area (Å²) in [5, 5.41) is 10.4. The molecule has 0 spiro atoms. The molecule has 0 amide bonds. The zero-order chi connectivity index (χ0) is 12.7. The minimum absolute atomic E-state index is 0.194. The van der Waals surface area contributed by atoms with Crippen LogP contribution in [-0.2, 0) is 14.3 Å². The Morgan fingerprint density at radius 2 is 2.24 bits per heavy atom. The van der Waals surface area contributed by atoms with Gasteiger partial charge in [-0.3, -0.25) is 9.59 Å². The molecule has 17 heavy (non-hydrogen) atoms. The highest BCUT2D eigenvalue weighted by atomic mass is 16.6. The van der Waals surface area contributed by atoms with Crippen molar-refractivity contribution in [3.05, 3.63) is 0 Å². The summed E-state index contributed by atoms with van der Waals surface area (Å²) >= 11 is 0. The van der Waals surface area contributed by atoms with Gasteiger partial charge in [0.25, 0.3) is 0 Å². The number of fused-ring (bicyclic) bond motifs is 1. The number of aliphatic hydroxyl groups is 1. The second-order valence-corrected chi connectivity index (χ2v) is 5.28. The maximum atomic E-state index is 12.2. The van der Waals surface area contributed by atoms with E-state index in [9.17, 15) is 14.7 Å². The lowest BCUT2D eigenvalue weighted by atomic mass is 9.50. The summed E-state index contributed by atoms with van der Waals surface area (Å²) in [6.07, 6.45) is 4.46. The third-order valence-electron chi connectivity index (χ3n) is 4.16. The van der Waals surface area contributed by atoms with E-state index in [0.29, 0.717) is 12.8 Å². The molecule has 0 radical (unpaired) electrons. The minimum Gasteiger partial charge on any atom is -0.451 e. The molecule has 2 aliphatic carbocycles. The number of hydrogen-bond donors (Lipinski definition) is 1. The highest BCUT2D eigenvalue weighted by molar-refractivity contribution is 6.03. The summed E-state index contributed by atoms with van der Waals surface area (Å²) in [5.41, 5.74) is -2.25. The van der Waals surface area contributed by atoms with Crippen LogP contribution in [0.1, 0.15) is 52.4 Å². The molecule has 4 heteroatoms. The second-order valence-electron chi connectivity index (χ2n) is 5.28. The summed E-state index contributed by atoms with van der Waals surface area (Å²) in [6.45, 7) is 3.27. The smallest absolute Gasteiger partial charge is 0.303 e. The topological polar surface area (TPSA) is 63.6 Å². The van der Waals surface area contributed by atoms with Crippen molar-refractivity contribution >= 4 is 11.8 Å². The van der Waals surface area contributed by atoms with Crippen molar-refractivity contribution in [2.24, 2.45) is 5.92 Å². The standard InChI is InChI=1S/C13H20O4/c1-3-7-12(16)10-6-4-5-8-13(10,11(12)15)17-9(2)14/h10,16H,3-8H2,1-2H3/t10-,12-,13+/m0/s1. The lowest BCUT2D eigenvalue weighted by molar-refractivity contribution is -0.239. The van der Waals surface area contributed by atoms with E-state index < -0.39 is 17.2 Å². The van der Waals surface area contributed by atoms with Crippen LogP contribution < -0.4 is 0 Å². The molecule has 0 aromatic carbocycles. The first-order valence-electron chi connectivity index (χ1n) is 6.44. The molecule has 0 aromatic heterocycles. The lowest BCUT2D eigenvalue weighted by Gasteiger charge is -2.59. The number of Topliss-reactive ketones (excluding diaryl/α,β-unsaturated/α-hetero) is 1. The Morgan fingerprint density at radius 3 is 2.82 bits per heavy atom. The Hall–Kier alpha value is -0.900. The first kappa shape index (κ1) is 12.6. The van der Waals surface area contributed by atoms with E-state index in [1.165, 1.54) is 6.92 Å². The molecule has 2 fully saturated rings. The van der Waals surface area contributed by atoms with E-state index in [1.54, 1.807) is 0 Å². The van der Waals surface area contributed by atoms with Crippen LogP contribution in [0.15, 0.2) is 0 Å². The monoisotopic (exact) mass is 240 g/mol. The van der Waals surface area contributed by atoms with Gasteiger partial charge >= 0.3 is 5.97 Å². The zero-order valence-electron chi connectivity index (χ0n) is 10.5. The summed E-state index contributed by atoms with van der Waals surface area (Å²) in [4.78, 5) is 23.4. The van der Waals surface area contributed by atoms with Gasteiger partial charge in [-0.25, -0.2) is 0 Å². The van der Waals surface area contributed by atoms with Gasteiger partial charge in [-0.2, -0.15) is 0 Å². The molecule has 0 heterocycles. The number of ether oxygens (including phenoxy) is 1. The fourth-order valence-electron chi connectivity index (χ4n) is 3.58. The third-order valence-corrected chi connectivity index (χ3v) is 4.16. The van der Waals surface area contributed by atoms with Crippen molar-refractivity contribution in [2.45, 2.75) is 63.6 Å². The molecule has 4 nitrogen and oxygen atoms in total. The van der Waals surface area contributed by atoms with E-state index in [4.69, 9.17) is 4.74 Å². The van der Waals surface area contributed by atoms with Crippen LogP contribution in [0.25, 0.3) is 0 Å². The first-order chi connectivity index (χ1) is 7.97. The maximum absolute atomic E-state index is 12.2. The van der Waals surface area contributed by atoms with Crippen LogP contribution in [-0.4, -0.2) is 28.1 Å². The van der Waals surface area contributed by atoms with Gasteiger partial charge < -0.3 is 9.84 Å². The highest BCUT2D eigenvalue weighted by Crippen LogP contribution is 2.55. The SMILES string of the molecule is CCC[C@@]1(O)C(=O)[C@@]2(OC(C)=O)CCCC[C@@H]12. The Kier molecular flexibility index (Phi) is 3.02. The van der Waals surface area contributed by atoms with Gasteiger partial charge in [-0.05, 0) is 25.7 Å². The maximum Gasteiger partial charge on any atom is 0.303 e. The first-order valence-corrected chi connectivity index (χ1v) is 6.44. The molecule has 3 atom stereocenters. The van der Waals surface area contributed by atoms with E-state index in [2.05, 4.69) is 0 Å². The lowest BCUT2D eigenvalue weighted by Crippen LogP contribution is -2.76. The Balaban J connectivity index is 2.26. The predicted octanol–water partition coefficient (Wildman–Crippen LogP) is 1.59. The van der Waals surface area contributed by atoms with E-state index in [-0.39, 0.29) is 11.7 Å². The highest BCUT2D eigenvalue weighted by Gasteiger charge is 2.72. The molecule has 0 bridgehead atoms. The largest absolute Gasteiger partial charge is 0.451 e. The average Bonchev–Trinajstić information content (AvgIpc) is 2.28. The van der Waals surface area contributed by atoms with Crippen molar-refractivity contribution in [2.75, 3.05) is 0 Å². The number of rotatable bonds is 3. The summed E-state index contributed by atoms with van der Waals surface area (Å²) in [6, 6.07) is 0. The van der Waals surface area contributed by atoms with Crippen LogP contribution in [0.5, 0.6) is 0 Å². The molecule has 2 saturated carbocycles. The Labute approximate surface area is 101 Å². The van der Waals surface area contributed by atoms with Crippen LogP contribution in [0.4, 0.5) is 0 Å².